The predicted molar refractivity (Wildman–Crippen MR) is 59.1 cm³/mol. The lowest BCUT2D eigenvalue weighted by Crippen LogP contribution is -2.22. The van der Waals surface area contributed by atoms with E-state index in [2.05, 4.69) is 25.0 Å². The van der Waals surface area contributed by atoms with Gasteiger partial charge in [-0.05, 0) is 12.5 Å². The summed E-state index contributed by atoms with van der Waals surface area (Å²) < 4.78 is 0. The molecule has 13 heavy (non-hydrogen) atoms. The van der Waals surface area contributed by atoms with Gasteiger partial charge in [0.2, 0.25) is 0 Å². The molecule has 0 aliphatic carbocycles. The van der Waals surface area contributed by atoms with Crippen molar-refractivity contribution in [1.82, 2.24) is 0 Å². The lowest BCUT2D eigenvalue weighted by molar-refractivity contribution is 0.375. The molecule has 68 valence electrons. The number of rotatable bonds is 2. The van der Waals surface area contributed by atoms with Crippen LogP contribution in [0.25, 0.3) is 0 Å². The van der Waals surface area contributed by atoms with Crippen molar-refractivity contribution in [2.75, 3.05) is 5.94 Å². The normalized spacial score (nSPS) is 14.8. The molecule has 0 saturated carbocycles. The number of benzene rings is 1. The van der Waals surface area contributed by atoms with Gasteiger partial charge < -0.3 is 5.11 Å². The van der Waals surface area contributed by atoms with Gasteiger partial charge in [0, 0.05) is 4.90 Å². The summed E-state index contributed by atoms with van der Waals surface area (Å²) in [5.74, 6) is 0.174. The largest absolute Gasteiger partial charge is 0.385 e. The van der Waals surface area contributed by atoms with Crippen LogP contribution in [-0.2, 0) is 6.42 Å². The molecular weight excluding hydrogens is 179 g/mol. The third kappa shape index (κ3) is 1.76. The lowest BCUT2D eigenvalue weighted by Gasteiger charge is -2.04. The fraction of sp³-hybridized carbons (Fsp3) is 0.400. The minimum absolute atomic E-state index is 0.174. The number of hydrogen-bond acceptors (Lipinski definition) is 2. The maximum atomic E-state index is 8.80. The Morgan fingerprint density at radius 3 is 3.15 bits per heavy atom. The highest BCUT2D eigenvalue weighted by molar-refractivity contribution is 7.99. The number of aryl methyl sites for hydroxylation is 1. The second-order valence-corrected chi connectivity index (χ2v) is 4.59. The summed E-state index contributed by atoms with van der Waals surface area (Å²) in [4.78, 5) is 1.19. The van der Waals surface area contributed by atoms with Crippen molar-refractivity contribution in [3.8, 4) is 0 Å². The summed E-state index contributed by atoms with van der Waals surface area (Å²) >= 11 is 1.50. The molecule has 2 rings (SSSR count). The molecule has 1 N–H and O–H groups in total. The SMILES string of the molecule is CB1CCc2ccc(SCO)cc21. The molecule has 0 saturated heterocycles. The molecule has 3 heteroatoms. The fourth-order valence-corrected chi connectivity index (χ4v) is 2.47. The molecule has 0 spiro atoms. The minimum atomic E-state index is 0.174. The Hall–Kier alpha value is -0.405. The highest BCUT2D eigenvalue weighted by Gasteiger charge is 2.21. The van der Waals surface area contributed by atoms with Crippen molar-refractivity contribution in [3.05, 3.63) is 23.8 Å². The van der Waals surface area contributed by atoms with Gasteiger partial charge in [0.1, 0.15) is 0 Å². The van der Waals surface area contributed by atoms with E-state index in [0.717, 1.165) is 0 Å². The van der Waals surface area contributed by atoms with Gasteiger partial charge in [-0.2, -0.15) is 0 Å². The van der Waals surface area contributed by atoms with Crippen molar-refractivity contribution in [2.45, 2.75) is 24.5 Å². The van der Waals surface area contributed by atoms with E-state index in [4.69, 9.17) is 5.11 Å². The van der Waals surface area contributed by atoms with E-state index in [9.17, 15) is 0 Å². The van der Waals surface area contributed by atoms with Crippen LogP contribution in [0, 0.1) is 0 Å². The van der Waals surface area contributed by atoms with Crippen molar-refractivity contribution in [2.24, 2.45) is 0 Å². The molecule has 1 aliphatic heterocycles. The van der Waals surface area contributed by atoms with E-state index in [-0.39, 0.29) is 5.94 Å². The molecule has 0 radical (unpaired) electrons. The summed E-state index contributed by atoms with van der Waals surface area (Å²) in [6.07, 6.45) is 2.50. The number of thioether (sulfide) groups is 1. The molecule has 0 unspecified atom stereocenters. The summed E-state index contributed by atoms with van der Waals surface area (Å²) in [5.41, 5.74) is 2.98. The van der Waals surface area contributed by atoms with Crippen LogP contribution in [0.5, 0.6) is 0 Å². The summed E-state index contributed by atoms with van der Waals surface area (Å²) in [6.45, 7) is 2.98. The first-order valence-corrected chi connectivity index (χ1v) is 5.66. The fourth-order valence-electron chi connectivity index (χ4n) is 1.95. The zero-order chi connectivity index (χ0) is 9.26. The van der Waals surface area contributed by atoms with Crippen molar-refractivity contribution >= 4 is 23.9 Å². The van der Waals surface area contributed by atoms with E-state index in [1.807, 2.05) is 0 Å². The highest BCUT2D eigenvalue weighted by atomic mass is 32.2. The Labute approximate surface area is 83.6 Å². The Balaban J connectivity index is 2.31. The average molecular weight is 192 g/mol. The van der Waals surface area contributed by atoms with Gasteiger partial charge in [-0.1, -0.05) is 48.1 Å². The molecule has 1 aliphatic rings. The second kappa shape index (κ2) is 3.76. The molecule has 1 aromatic rings. The number of fused-ring (bicyclic) bond motifs is 1. The Bertz CT molecular complexity index is 314. The van der Waals surface area contributed by atoms with Crippen LogP contribution in [0.3, 0.4) is 0 Å². The van der Waals surface area contributed by atoms with Crippen LogP contribution < -0.4 is 5.46 Å². The summed E-state index contributed by atoms with van der Waals surface area (Å²) in [5, 5.41) is 8.80. The molecule has 0 aromatic heterocycles. The molecule has 0 atom stereocenters. The molecule has 0 amide bonds. The zero-order valence-electron chi connectivity index (χ0n) is 7.79. The molecule has 0 fully saturated rings. The standard InChI is InChI=1S/C10H13BOS/c1-11-5-4-8-2-3-9(13-7-12)6-10(8)11/h2-3,6,12H,4-5,7H2,1H3. The highest BCUT2D eigenvalue weighted by Crippen LogP contribution is 2.21. The number of aliphatic hydroxyl groups is 1. The number of aliphatic hydroxyl groups excluding tert-OH is 1. The van der Waals surface area contributed by atoms with Crippen LogP contribution >= 0.6 is 11.8 Å². The third-order valence-corrected chi connectivity index (χ3v) is 3.44. The van der Waals surface area contributed by atoms with E-state index >= 15 is 0 Å². The van der Waals surface area contributed by atoms with Gasteiger partial charge in [0.05, 0.1) is 5.94 Å². The van der Waals surface area contributed by atoms with Crippen LogP contribution in [-0.4, -0.2) is 17.8 Å². The van der Waals surface area contributed by atoms with E-state index in [0.29, 0.717) is 6.71 Å². The van der Waals surface area contributed by atoms with E-state index in [1.54, 1.807) is 0 Å². The van der Waals surface area contributed by atoms with E-state index in [1.165, 1.54) is 40.4 Å². The number of hydrogen-bond donors (Lipinski definition) is 1. The minimum Gasteiger partial charge on any atom is -0.385 e. The molecule has 1 heterocycles. The monoisotopic (exact) mass is 192 g/mol. The molecular formula is C10H13BOS. The predicted octanol–water partition coefficient (Wildman–Crippen LogP) is 1.62. The van der Waals surface area contributed by atoms with Crippen LogP contribution in [0.4, 0.5) is 0 Å². The first-order chi connectivity index (χ1) is 6.31. The van der Waals surface area contributed by atoms with Gasteiger partial charge in [0.15, 0.2) is 6.71 Å². The summed E-state index contributed by atoms with van der Waals surface area (Å²) in [6, 6.07) is 6.54. The Morgan fingerprint density at radius 1 is 1.54 bits per heavy atom. The smallest absolute Gasteiger partial charge is 0.173 e. The van der Waals surface area contributed by atoms with Crippen molar-refractivity contribution < 1.29 is 5.11 Å². The zero-order valence-corrected chi connectivity index (χ0v) is 8.60. The topological polar surface area (TPSA) is 20.2 Å². The van der Waals surface area contributed by atoms with Gasteiger partial charge in [-0.25, -0.2) is 0 Å². The molecule has 1 aromatic carbocycles. The van der Waals surface area contributed by atoms with Crippen molar-refractivity contribution in [3.63, 3.8) is 0 Å². The molecule has 0 bridgehead atoms. The maximum Gasteiger partial charge on any atom is 0.173 e. The first kappa shape index (κ1) is 9.16. The summed E-state index contributed by atoms with van der Waals surface area (Å²) in [7, 11) is 0. The van der Waals surface area contributed by atoms with E-state index < -0.39 is 0 Å². The van der Waals surface area contributed by atoms with Gasteiger partial charge >= 0.3 is 0 Å². The Morgan fingerprint density at radius 2 is 2.38 bits per heavy atom. The second-order valence-electron chi connectivity index (χ2n) is 3.57. The maximum absolute atomic E-state index is 8.80. The van der Waals surface area contributed by atoms with Gasteiger partial charge in [-0.15, -0.1) is 0 Å². The molecule has 1 nitrogen and oxygen atoms in total. The van der Waals surface area contributed by atoms with Crippen LogP contribution in [0.2, 0.25) is 13.1 Å². The van der Waals surface area contributed by atoms with Crippen LogP contribution in [0.15, 0.2) is 23.1 Å². The van der Waals surface area contributed by atoms with Gasteiger partial charge in [0.25, 0.3) is 0 Å². The first-order valence-electron chi connectivity index (χ1n) is 4.67. The van der Waals surface area contributed by atoms with Crippen molar-refractivity contribution in [1.29, 1.82) is 0 Å². The Kier molecular flexibility index (Phi) is 2.65. The lowest BCUT2D eigenvalue weighted by atomic mass is 9.48. The quantitative estimate of drug-likeness (QED) is 0.436. The third-order valence-electron chi connectivity index (χ3n) is 2.73. The van der Waals surface area contributed by atoms with Crippen LogP contribution in [0.1, 0.15) is 5.56 Å². The van der Waals surface area contributed by atoms with Gasteiger partial charge in [-0.3, -0.25) is 0 Å². The average Bonchev–Trinajstić information content (AvgIpc) is 2.49.